The minimum atomic E-state index is -0.275. The van der Waals surface area contributed by atoms with Crippen LogP contribution in [-0.2, 0) is 9.59 Å². The van der Waals surface area contributed by atoms with Crippen molar-refractivity contribution in [3.63, 3.8) is 0 Å². The van der Waals surface area contributed by atoms with E-state index in [0.29, 0.717) is 5.75 Å². The van der Waals surface area contributed by atoms with Crippen LogP contribution >= 0.6 is 0 Å². The van der Waals surface area contributed by atoms with Crippen molar-refractivity contribution in [2.75, 3.05) is 26.2 Å². The number of hydrogen-bond acceptors (Lipinski definition) is 3. The van der Waals surface area contributed by atoms with E-state index in [2.05, 4.69) is 5.32 Å². The first-order chi connectivity index (χ1) is 10.1. The van der Waals surface area contributed by atoms with E-state index in [0.717, 1.165) is 37.1 Å². The zero-order valence-electron chi connectivity index (χ0n) is 12.6. The first-order valence-corrected chi connectivity index (χ1v) is 7.31. The summed E-state index contributed by atoms with van der Waals surface area (Å²) in [5, 5.41) is 2.61. The second kappa shape index (κ2) is 7.11. The van der Waals surface area contributed by atoms with Gasteiger partial charge < -0.3 is 15.0 Å². The van der Waals surface area contributed by atoms with Gasteiger partial charge in [0, 0.05) is 13.1 Å². The van der Waals surface area contributed by atoms with Gasteiger partial charge in [0.25, 0.3) is 5.91 Å². The fourth-order valence-corrected chi connectivity index (χ4v) is 2.41. The van der Waals surface area contributed by atoms with Gasteiger partial charge in [0.2, 0.25) is 5.91 Å². The fraction of sp³-hybridized carbons (Fsp3) is 0.500. The first-order valence-electron chi connectivity index (χ1n) is 7.31. The highest BCUT2D eigenvalue weighted by atomic mass is 16.5. The van der Waals surface area contributed by atoms with Crippen molar-refractivity contribution in [1.29, 1.82) is 0 Å². The second-order valence-electron chi connectivity index (χ2n) is 5.42. The lowest BCUT2D eigenvalue weighted by Gasteiger charge is -2.15. The highest BCUT2D eigenvalue weighted by molar-refractivity contribution is 5.85. The van der Waals surface area contributed by atoms with Gasteiger partial charge in [-0.2, -0.15) is 0 Å². The van der Waals surface area contributed by atoms with E-state index in [-0.39, 0.29) is 25.0 Å². The molecule has 1 aromatic rings. The van der Waals surface area contributed by atoms with Gasteiger partial charge in [-0.15, -0.1) is 0 Å². The van der Waals surface area contributed by atoms with E-state index in [9.17, 15) is 9.59 Å². The van der Waals surface area contributed by atoms with Crippen molar-refractivity contribution in [2.24, 2.45) is 0 Å². The Hall–Kier alpha value is -2.04. The fourth-order valence-electron chi connectivity index (χ4n) is 2.41. The third kappa shape index (κ3) is 4.48. The summed E-state index contributed by atoms with van der Waals surface area (Å²) < 4.78 is 5.47. The Morgan fingerprint density at radius 2 is 1.95 bits per heavy atom. The van der Waals surface area contributed by atoms with Gasteiger partial charge in [-0.05, 0) is 38.3 Å². The number of nitrogens with zero attached hydrogens (tertiary/aromatic N) is 1. The highest BCUT2D eigenvalue weighted by Crippen LogP contribution is 2.18. The molecule has 114 valence electrons. The summed E-state index contributed by atoms with van der Waals surface area (Å²) >= 11 is 0. The molecule has 0 aliphatic carbocycles. The van der Waals surface area contributed by atoms with E-state index in [1.54, 1.807) is 4.90 Å². The number of nitrogens with one attached hydrogen (secondary N) is 1. The van der Waals surface area contributed by atoms with Crippen molar-refractivity contribution in [3.05, 3.63) is 29.3 Å². The molecule has 0 aromatic heterocycles. The number of likely N-dealkylation sites (tertiary alicyclic amines) is 1. The zero-order chi connectivity index (χ0) is 15.2. The number of amides is 2. The number of ether oxygens (including phenoxy) is 1. The molecule has 0 bridgehead atoms. The molecule has 1 aliphatic heterocycles. The summed E-state index contributed by atoms with van der Waals surface area (Å²) in [5.41, 5.74) is 2.15. The number of benzene rings is 1. The minimum absolute atomic E-state index is 0.0210. The third-order valence-electron chi connectivity index (χ3n) is 3.58. The highest BCUT2D eigenvalue weighted by Gasteiger charge is 2.18. The van der Waals surface area contributed by atoms with Crippen LogP contribution in [0.2, 0.25) is 0 Å². The normalized spacial score (nSPS) is 14.1. The SMILES string of the molecule is Cc1ccc(OCC(=O)NCC(=O)N2CCCC2)c(C)c1. The standard InChI is InChI=1S/C16H22N2O3/c1-12-5-6-14(13(2)9-12)21-11-15(19)17-10-16(20)18-7-3-4-8-18/h5-6,9H,3-4,7-8,10-11H2,1-2H3,(H,17,19). The van der Waals surface area contributed by atoms with Crippen molar-refractivity contribution in [1.82, 2.24) is 10.2 Å². The minimum Gasteiger partial charge on any atom is -0.484 e. The van der Waals surface area contributed by atoms with Crippen LogP contribution in [0.25, 0.3) is 0 Å². The Balaban J connectivity index is 1.73. The molecule has 5 heteroatoms. The van der Waals surface area contributed by atoms with E-state index in [1.807, 2.05) is 32.0 Å². The topological polar surface area (TPSA) is 58.6 Å². The van der Waals surface area contributed by atoms with Crippen molar-refractivity contribution >= 4 is 11.8 Å². The van der Waals surface area contributed by atoms with Gasteiger partial charge in [-0.1, -0.05) is 17.7 Å². The predicted molar refractivity (Wildman–Crippen MR) is 80.2 cm³/mol. The summed E-state index contributed by atoms with van der Waals surface area (Å²) in [7, 11) is 0. The molecule has 0 unspecified atom stereocenters. The second-order valence-corrected chi connectivity index (χ2v) is 5.42. The quantitative estimate of drug-likeness (QED) is 0.892. The molecule has 1 aliphatic rings. The lowest BCUT2D eigenvalue weighted by Crippen LogP contribution is -2.40. The number of aryl methyl sites for hydroxylation is 2. The van der Waals surface area contributed by atoms with Crippen molar-refractivity contribution in [3.8, 4) is 5.75 Å². The summed E-state index contributed by atoms with van der Waals surface area (Å²) in [6.07, 6.45) is 2.10. The van der Waals surface area contributed by atoms with Crippen LogP contribution in [0.5, 0.6) is 5.75 Å². The van der Waals surface area contributed by atoms with Gasteiger partial charge in [0.05, 0.1) is 6.54 Å². The average Bonchev–Trinajstić information content (AvgIpc) is 2.98. The molecule has 1 N–H and O–H groups in total. The third-order valence-corrected chi connectivity index (χ3v) is 3.58. The summed E-state index contributed by atoms with van der Waals surface area (Å²) in [5.74, 6) is 0.400. The van der Waals surface area contributed by atoms with Gasteiger partial charge in [0.1, 0.15) is 5.75 Å². The van der Waals surface area contributed by atoms with Crippen LogP contribution in [-0.4, -0.2) is 43.0 Å². The molecule has 0 atom stereocenters. The monoisotopic (exact) mass is 290 g/mol. The van der Waals surface area contributed by atoms with Crippen LogP contribution in [0.3, 0.4) is 0 Å². The number of hydrogen-bond donors (Lipinski definition) is 1. The van der Waals surface area contributed by atoms with E-state index in [1.165, 1.54) is 0 Å². The molecular weight excluding hydrogens is 268 g/mol. The molecule has 1 saturated heterocycles. The van der Waals surface area contributed by atoms with Crippen molar-refractivity contribution in [2.45, 2.75) is 26.7 Å². The molecule has 2 amide bonds. The van der Waals surface area contributed by atoms with Crippen molar-refractivity contribution < 1.29 is 14.3 Å². The maximum Gasteiger partial charge on any atom is 0.258 e. The van der Waals surface area contributed by atoms with Crippen LogP contribution in [0.15, 0.2) is 18.2 Å². The average molecular weight is 290 g/mol. The van der Waals surface area contributed by atoms with E-state index < -0.39 is 0 Å². The lowest BCUT2D eigenvalue weighted by atomic mass is 10.1. The number of rotatable bonds is 5. The molecule has 2 rings (SSSR count). The number of carbonyl (C=O) groups excluding carboxylic acids is 2. The van der Waals surface area contributed by atoms with Gasteiger partial charge in [-0.3, -0.25) is 9.59 Å². The van der Waals surface area contributed by atoms with Crippen LogP contribution in [0, 0.1) is 13.8 Å². The van der Waals surface area contributed by atoms with E-state index >= 15 is 0 Å². The molecular formula is C16H22N2O3. The summed E-state index contributed by atoms with van der Waals surface area (Å²) in [4.78, 5) is 25.3. The Labute approximate surface area is 125 Å². The molecule has 0 spiro atoms. The van der Waals surface area contributed by atoms with Crippen LogP contribution in [0.4, 0.5) is 0 Å². The Morgan fingerprint density at radius 1 is 1.24 bits per heavy atom. The van der Waals surface area contributed by atoms with Gasteiger partial charge in [0.15, 0.2) is 6.61 Å². The Bertz CT molecular complexity index is 522. The smallest absolute Gasteiger partial charge is 0.258 e. The Morgan fingerprint density at radius 3 is 2.62 bits per heavy atom. The molecule has 5 nitrogen and oxygen atoms in total. The van der Waals surface area contributed by atoms with E-state index in [4.69, 9.17) is 4.74 Å². The molecule has 1 aromatic carbocycles. The maximum atomic E-state index is 11.8. The Kier molecular flexibility index (Phi) is 5.20. The molecule has 1 fully saturated rings. The van der Waals surface area contributed by atoms with Gasteiger partial charge >= 0.3 is 0 Å². The first kappa shape index (κ1) is 15.4. The number of carbonyl (C=O) groups is 2. The molecule has 0 saturated carbocycles. The van der Waals surface area contributed by atoms with Crippen LogP contribution in [0.1, 0.15) is 24.0 Å². The summed E-state index contributed by atoms with van der Waals surface area (Å²) in [6.45, 7) is 5.53. The van der Waals surface area contributed by atoms with Gasteiger partial charge in [-0.25, -0.2) is 0 Å². The lowest BCUT2D eigenvalue weighted by molar-refractivity contribution is -0.132. The largest absolute Gasteiger partial charge is 0.484 e. The predicted octanol–water partition coefficient (Wildman–Crippen LogP) is 1.42. The maximum absolute atomic E-state index is 11.8. The molecule has 1 heterocycles. The molecule has 0 radical (unpaired) electrons. The summed E-state index contributed by atoms with van der Waals surface area (Å²) in [6, 6.07) is 5.80. The van der Waals surface area contributed by atoms with Crippen LogP contribution < -0.4 is 10.1 Å². The zero-order valence-corrected chi connectivity index (χ0v) is 12.6. The molecule has 21 heavy (non-hydrogen) atoms.